The maximum atomic E-state index is 12.3. The molecule has 0 spiro atoms. The van der Waals surface area contributed by atoms with Gasteiger partial charge in [0.15, 0.2) is 9.84 Å². The maximum Gasteiger partial charge on any atom is 0.182 e. The molecule has 0 amide bonds. The molecule has 0 unspecified atom stereocenters. The molecule has 4 heteroatoms. The van der Waals surface area contributed by atoms with Crippen LogP contribution >= 0.6 is 0 Å². The summed E-state index contributed by atoms with van der Waals surface area (Å²) in [7, 11) is -3.30. The van der Waals surface area contributed by atoms with E-state index in [0.29, 0.717) is 11.4 Å². The predicted molar refractivity (Wildman–Crippen MR) is 76.4 cm³/mol. The number of nitrogens with two attached hydrogens (primary N) is 1. The van der Waals surface area contributed by atoms with E-state index in [1.807, 2.05) is 37.3 Å². The third-order valence-electron chi connectivity index (χ3n) is 2.93. The van der Waals surface area contributed by atoms with Gasteiger partial charge in [-0.15, -0.1) is 0 Å². The fraction of sp³-hybridized carbons (Fsp3) is 0.200. The van der Waals surface area contributed by atoms with Gasteiger partial charge in [-0.2, -0.15) is 0 Å². The van der Waals surface area contributed by atoms with E-state index in [0.717, 1.165) is 16.7 Å². The Morgan fingerprint density at radius 3 is 2.37 bits per heavy atom. The Hall–Kier alpha value is -1.65. The molecule has 0 aliphatic rings. The van der Waals surface area contributed by atoms with Gasteiger partial charge in [0.25, 0.3) is 0 Å². The van der Waals surface area contributed by atoms with Crippen molar-refractivity contribution in [1.29, 1.82) is 0 Å². The monoisotopic (exact) mass is 275 g/mol. The molecule has 2 aromatic rings. The SMILES string of the molecule is Cc1cccc(S(=O)(=O)Cc2cccc(CN)c2)c1. The van der Waals surface area contributed by atoms with E-state index in [1.165, 1.54) is 0 Å². The Kier molecular flexibility index (Phi) is 4.02. The molecule has 0 saturated heterocycles. The summed E-state index contributed by atoms with van der Waals surface area (Å²) in [6.07, 6.45) is 0. The van der Waals surface area contributed by atoms with E-state index in [1.54, 1.807) is 18.2 Å². The van der Waals surface area contributed by atoms with Gasteiger partial charge >= 0.3 is 0 Å². The number of benzene rings is 2. The standard InChI is InChI=1S/C15H17NO2S/c1-12-4-2-7-15(8-12)19(17,18)11-14-6-3-5-13(9-14)10-16/h2-9H,10-11,16H2,1H3. The molecule has 3 nitrogen and oxygen atoms in total. The third kappa shape index (κ3) is 3.43. The van der Waals surface area contributed by atoms with Gasteiger partial charge < -0.3 is 5.73 Å². The molecule has 0 aliphatic heterocycles. The molecule has 2 N–H and O–H groups in total. The van der Waals surface area contributed by atoms with Gasteiger partial charge in [-0.3, -0.25) is 0 Å². The van der Waals surface area contributed by atoms with Crippen LogP contribution < -0.4 is 5.73 Å². The average Bonchev–Trinajstić information content (AvgIpc) is 2.38. The first-order valence-corrected chi connectivity index (χ1v) is 7.74. The normalized spacial score (nSPS) is 11.5. The summed E-state index contributed by atoms with van der Waals surface area (Å²) in [6.45, 7) is 2.30. The predicted octanol–water partition coefficient (Wildman–Crippen LogP) is 2.43. The third-order valence-corrected chi connectivity index (χ3v) is 4.62. The van der Waals surface area contributed by atoms with E-state index in [2.05, 4.69) is 0 Å². The van der Waals surface area contributed by atoms with Gasteiger partial charge in [0.05, 0.1) is 10.6 Å². The molecule has 0 radical (unpaired) electrons. The molecular weight excluding hydrogens is 258 g/mol. The zero-order chi connectivity index (χ0) is 13.9. The van der Waals surface area contributed by atoms with Gasteiger partial charge in [0.1, 0.15) is 0 Å². The number of aryl methyl sites for hydroxylation is 1. The smallest absolute Gasteiger partial charge is 0.182 e. The summed E-state index contributed by atoms with van der Waals surface area (Å²) in [5.41, 5.74) is 8.22. The fourth-order valence-electron chi connectivity index (χ4n) is 1.96. The number of rotatable bonds is 4. The lowest BCUT2D eigenvalue weighted by Gasteiger charge is -2.07. The second-order valence-corrected chi connectivity index (χ2v) is 6.59. The number of hydrogen-bond acceptors (Lipinski definition) is 3. The van der Waals surface area contributed by atoms with Crippen molar-refractivity contribution in [3.05, 3.63) is 65.2 Å². The van der Waals surface area contributed by atoms with Crippen molar-refractivity contribution in [2.24, 2.45) is 5.73 Å². The van der Waals surface area contributed by atoms with Crippen molar-refractivity contribution >= 4 is 9.84 Å². The van der Waals surface area contributed by atoms with Crippen molar-refractivity contribution in [2.45, 2.75) is 24.1 Å². The van der Waals surface area contributed by atoms with Crippen LogP contribution in [0.4, 0.5) is 0 Å². The first kappa shape index (κ1) is 13.8. The Morgan fingerprint density at radius 1 is 1.00 bits per heavy atom. The van der Waals surface area contributed by atoms with Crippen LogP contribution in [0.1, 0.15) is 16.7 Å². The van der Waals surface area contributed by atoms with Crippen molar-refractivity contribution < 1.29 is 8.42 Å². The quantitative estimate of drug-likeness (QED) is 0.932. The highest BCUT2D eigenvalue weighted by Gasteiger charge is 2.15. The molecule has 100 valence electrons. The molecule has 0 fully saturated rings. The Labute approximate surface area is 114 Å². The first-order chi connectivity index (χ1) is 9.01. The summed E-state index contributed by atoms with van der Waals surface area (Å²) in [5, 5.41) is 0. The molecule has 2 rings (SSSR count). The summed E-state index contributed by atoms with van der Waals surface area (Å²) < 4.78 is 24.6. The van der Waals surface area contributed by atoms with Gasteiger partial charge in [-0.1, -0.05) is 36.4 Å². The highest BCUT2D eigenvalue weighted by atomic mass is 32.2. The second kappa shape index (κ2) is 5.55. The van der Waals surface area contributed by atoms with E-state index in [9.17, 15) is 8.42 Å². The molecule has 0 bridgehead atoms. The number of hydrogen-bond donors (Lipinski definition) is 1. The van der Waals surface area contributed by atoms with Crippen molar-refractivity contribution in [3.8, 4) is 0 Å². The fourth-order valence-corrected chi connectivity index (χ4v) is 3.39. The molecule has 0 aliphatic carbocycles. The van der Waals surface area contributed by atoms with Crippen LogP contribution in [0.2, 0.25) is 0 Å². The highest BCUT2D eigenvalue weighted by Crippen LogP contribution is 2.18. The minimum absolute atomic E-state index is 0.00426. The van der Waals surface area contributed by atoms with Crippen LogP contribution in [0.15, 0.2) is 53.4 Å². The van der Waals surface area contributed by atoms with Crippen LogP contribution in [0, 0.1) is 6.92 Å². The van der Waals surface area contributed by atoms with E-state index in [4.69, 9.17) is 5.73 Å². The molecular formula is C15H17NO2S. The summed E-state index contributed by atoms with van der Waals surface area (Å²) in [4.78, 5) is 0.366. The molecule has 0 heterocycles. The lowest BCUT2D eigenvalue weighted by molar-refractivity contribution is 0.595. The lowest BCUT2D eigenvalue weighted by Crippen LogP contribution is -2.06. The van der Waals surface area contributed by atoms with Crippen molar-refractivity contribution in [3.63, 3.8) is 0 Å². The minimum Gasteiger partial charge on any atom is -0.326 e. The first-order valence-electron chi connectivity index (χ1n) is 6.08. The van der Waals surface area contributed by atoms with Crippen LogP contribution in [-0.4, -0.2) is 8.42 Å². The Morgan fingerprint density at radius 2 is 1.68 bits per heavy atom. The largest absolute Gasteiger partial charge is 0.326 e. The highest BCUT2D eigenvalue weighted by molar-refractivity contribution is 7.90. The maximum absolute atomic E-state index is 12.3. The zero-order valence-corrected chi connectivity index (χ0v) is 11.7. The second-order valence-electron chi connectivity index (χ2n) is 4.60. The van der Waals surface area contributed by atoms with Gasteiger partial charge in [-0.05, 0) is 35.7 Å². The summed E-state index contributed by atoms with van der Waals surface area (Å²) in [5.74, 6) is 0.00426. The number of sulfone groups is 1. The summed E-state index contributed by atoms with van der Waals surface area (Å²) in [6, 6.07) is 14.4. The van der Waals surface area contributed by atoms with E-state index >= 15 is 0 Å². The van der Waals surface area contributed by atoms with Crippen molar-refractivity contribution in [2.75, 3.05) is 0 Å². The van der Waals surface area contributed by atoms with Gasteiger partial charge in [0, 0.05) is 6.54 Å². The van der Waals surface area contributed by atoms with E-state index < -0.39 is 9.84 Å². The molecule has 0 aromatic heterocycles. The molecule has 0 saturated carbocycles. The average molecular weight is 275 g/mol. The molecule has 0 atom stereocenters. The summed E-state index contributed by atoms with van der Waals surface area (Å²) >= 11 is 0. The molecule has 2 aromatic carbocycles. The minimum atomic E-state index is -3.30. The van der Waals surface area contributed by atoms with Crippen LogP contribution in [0.3, 0.4) is 0 Å². The van der Waals surface area contributed by atoms with Crippen LogP contribution in [0.25, 0.3) is 0 Å². The van der Waals surface area contributed by atoms with Crippen molar-refractivity contribution in [1.82, 2.24) is 0 Å². The molecule has 19 heavy (non-hydrogen) atoms. The Bertz CT molecular complexity index is 678. The lowest BCUT2D eigenvalue weighted by atomic mass is 10.1. The Balaban J connectivity index is 2.31. The van der Waals surface area contributed by atoms with Gasteiger partial charge in [-0.25, -0.2) is 8.42 Å². The van der Waals surface area contributed by atoms with Crippen LogP contribution in [0.5, 0.6) is 0 Å². The topological polar surface area (TPSA) is 60.2 Å². The zero-order valence-electron chi connectivity index (χ0n) is 10.8. The van der Waals surface area contributed by atoms with E-state index in [-0.39, 0.29) is 5.75 Å². The van der Waals surface area contributed by atoms with Gasteiger partial charge in [0.2, 0.25) is 0 Å². The van der Waals surface area contributed by atoms with Crippen LogP contribution in [-0.2, 0) is 22.1 Å².